The summed E-state index contributed by atoms with van der Waals surface area (Å²) >= 11 is 1.34. The summed E-state index contributed by atoms with van der Waals surface area (Å²) in [7, 11) is 4.02. The number of azo groups is 1. The highest BCUT2D eigenvalue weighted by Gasteiger charge is 2.11. The number of hydrogen-bond acceptors (Lipinski definition) is 5. The Balaban J connectivity index is 1.85. The summed E-state index contributed by atoms with van der Waals surface area (Å²) < 4.78 is 2.15. The lowest BCUT2D eigenvalue weighted by atomic mass is 10.2. The van der Waals surface area contributed by atoms with E-state index >= 15 is 0 Å². The zero-order valence-electron chi connectivity index (χ0n) is 15.8. The summed E-state index contributed by atoms with van der Waals surface area (Å²) in [6, 6.07) is 18.1. The minimum atomic E-state index is 0.144. The first-order chi connectivity index (χ1) is 13.0. The van der Waals surface area contributed by atoms with Gasteiger partial charge in [0.15, 0.2) is 17.9 Å². The highest BCUT2D eigenvalue weighted by Crippen LogP contribution is 2.26. The lowest BCUT2D eigenvalue weighted by Gasteiger charge is -2.11. The van der Waals surface area contributed by atoms with E-state index in [0.29, 0.717) is 0 Å². The zero-order chi connectivity index (χ0) is 19.2. The molecule has 0 aliphatic carbocycles. The van der Waals surface area contributed by atoms with Crippen LogP contribution in [0.3, 0.4) is 0 Å². The molecule has 0 unspecified atom stereocenters. The molecule has 0 radical (unpaired) electrons. The van der Waals surface area contributed by atoms with Crippen LogP contribution in [0.15, 0.2) is 71.0 Å². The van der Waals surface area contributed by atoms with E-state index in [9.17, 15) is 4.79 Å². The third-order valence-corrected chi connectivity index (χ3v) is 4.97. The number of pyridine rings is 1. The monoisotopic (exact) mass is 379 g/mol. The maximum absolute atomic E-state index is 11.2. The first kappa shape index (κ1) is 19.0. The van der Waals surface area contributed by atoms with Gasteiger partial charge in [0.1, 0.15) is 0 Å². The maximum atomic E-state index is 11.2. The smallest absolute Gasteiger partial charge is 0.214 e. The van der Waals surface area contributed by atoms with Gasteiger partial charge in [-0.25, -0.2) is 0 Å². The van der Waals surface area contributed by atoms with E-state index in [0.717, 1.165) is 40.3 Å². The minimum absolute atomic E-state index is 0.144. The molecule has 2 aromatic carbocycles. The van der Waals surface area contributed by atoms with Crippen molar-refractivity contribution in [3.8, 4) is 0 Å². The van der Waals surface area contributed by atoms with Crippen LogP contribution in [0.1, 0.15) is 6.92 Å². The molecule has 1 aromatic heterocycles. The summed E-state index contributed by atoms with van der Waals surface area (Å²) in [5.74, 6) is 0.753. The average molecular weight is 380 g/mol. The number of anilines is 1. The molecule has 0 fully saturated rings. The predicted octanol–water partition coefficient (Wildman–Crippen LogP) is 4.89. The van der Waals surface area contributed by atoms with Crippen molar-refractivity contribution in [2.24, 2.45) is 10.2 Å². The molecular weight excluding hydrogens is 356 g/mol. The van der Waals surface area contributed by atoms with Crippen molar-refractivity contribution in [3.05, 3.63) is 60.8 Å². The standard InChI is InChI=1S/C21H23N4OS/c1-16(26)27-15-14-25-13-5-6-19-20(7-4-8-21(19)25)23-22-17-9-11-18(12-10-17)24(2)3/h4-13H,14-15H2,1-3H3/q+1. The van der Waals surface area contributed by atoms with Crippen LogP contribution in [0, 0.1) is 0 Å². The number of hydrogen-bond donors (Lipinski definition) is 0. The molecule has 0 aliphatic heterocycles. The molecule has 0 spiro atoms. The molecule has 0 bridgehead atoms. The summed E-state index contributed by atoms with van der Waals surface area (Å²) in [4.78, 5) is 13.2. The molecule has 3 rings (SSSR count). The Morgan fingerprint density at radius 3 is 2.52 bits per heavy atom. The number of benzene rings is 2. The molecule has 0 atom stereocenters. The van der Waals surface area contributed by atoms with Crippen molar-refractivity contribution in [3.63, 3.8) is 0 Å². The first-order valence-electron chi connectivity index (χ1n) is 8.78. The molecule has 27 heavy (non-hydrogen) atoms. The molecule has 1 heterocycles. The number of nitrogens with zero attached hydrogens (tertiary/aromatic N) is 4. The second-order valence-electron chi connectivity index (χ2n) is 6.36. The lowest BCUT2D eigenvalue weighted by Crippen LogP contribution is -2.35. The van der Waals surface area contributed by atoms with Crippen molar-refractivity contribution in [1.29, 1.82) is 0 Å². The highest BCUT2D eigenvalue weighted by atomic mass is 32.2. The number of rotatable bonds is 6. The van der Waals surface area contributed by atoms with Crippen LogP contribution in [0.2, 0.25) is 0 Å². The molecule has 5 nitrogen and oxygen atoms in total. The first-order valence-corrected chi connectivity index (χ1v) is 9.77. The molecule has 138 valence electrons. The van der Waals surface area contributed by atoms with Gasteiger partial charge in [0.05, 0.1) is 22.5 Å². The predicted molar refractivity (Wildman–Crippen MR) is 112 cm³/mol. The fourth-order valence-corrected chi connectivity index (χ4v) is 3.36. The molecule has 0 saturated carbocycles. The maximum Gasteiger partial charge on any atom is 0.214 e. The molecular formula is C21H23N4OS+. The molecule has 0 aliphatic rings. The van der Waals surface area contributed by atoms with Gasteiger partial charge < -0.3 is 4.90 Å². The normalized spacial score (nSPS) is 11.2. The van der Waals surface area contributed by atoms with Crippen LogP contribution in [0.4, 0.5) is 17.1 Å². The van der Waals surface area contributed by atoms with Gasteiger partial charge >= 0.3 is 0 Å². The largest absolute Gasteiger partial charge is 0.378 e. The Kier molecular flexibility index (Phi) is 6.19. The van der Waals surface area contributed by atoms with Gasteiger partial charge in [-0.1, -0.05) is 17.8 Å². The third-order valence-electron chi connectivity index (χ3n) is 4.18. The molecule has 0 saturated heterocycles. The zero-order valence-corrected chi connectivity index (χ0v) is 16.6. The Morgan fingerprint density at radius 2 is 1.81 bits per heavy atom. The Morgan fingerprint density at radius 1 is 1.04 bits per heavy atom. The summed E-state index contributed by atoms with van der Waals surface area (Å²) in [5.41, 5.74) is 3.86. The van der Waals surface area contributed by atoms with Crippen molar-refractivity contribution in [1.82, 2.24) is 0 Å². The van der Waals surface area contributed by atoms with Crippen molar-refractivity contribution < 1.29 is 9.36 Å². The van der Waals surface area contributed by atoms with Crippen LogP contribution >= 0.6 is 11.8 Å². The number of aryl methyl sites for hydroxylation is 1. The van der Waals surface area contributed by atoms with Crippen LogP contribution in [0.5, 0.6) is 0 Å². The SMILES string of the molecule is CC(=O)SCC[n+]1cccc2c(/N=N/c3ccc(N(C)C)cc3)cccc21. The molecule has 6 heteroatoms. The van der Waals surface area contributed by atoms with Crippen LogP contribution in [0.25, 0.3) is 10.9 Å². The van der Waals surface area contributed by atoms with Crippen molar-refractivity contribution in [2.75, 3.05) is 24.7 Å². The van der Waals surface area contributed by atoms with E-state index in [1.807, 2.05) is 68.8 Å². The molecule has 3 aromatic rings. The molecule has 0 N–H and O–H groups in total. The number of fused-ring (bicyclic) bond motifs is 1. The van der Waals surface area contributed by atoms with Crippen molar-refractivity contribution >= 4 is 44.8 Å². The molecule has 0 amide bonds. The van der Waals surface area contributed by atoms with E-state index in [-0.39, 0.29) is 5.12 Å². The summed E-state index contributed by atoms with van der Waals surface area (Å²) in [6.45, 7) is 2.37. The van der Waals surface area contributed by atoms with Gasteiger partial charge in [0, 0.05) is 38.8 Å². The average Bonchev–Trinajstić information content (AvgIpc) is 2.66. The number of aromatic nitrogens is 1. The summed E-state index contributed by atoms with van der Waals surface area (Å²) in [5, 5.41) is 10.0. The summed E-state index contributed by atoms with van der Waals surface area (Å²) in [6.07, 6.45) is 2.03. The topological polar surface area (TPSA) is 48.9 Å². The highest BCUT2D eigenvalue weighted by molar-refractivity contribution is 8.13. The second-order valence-corrected chi connectivity index (χ2v) is 7.63. The van der Waals surface area contributed by atoms with E-state index in [1.165, 1.54) is 11.8 Å². The van der Waals surface area contributed by atoms with E-state index in [4.69, 9.17) is 0 Å². The lowest BCUT2D eigenvalue weighted by molar-refractivity contribution is -0.666. The fraction of sp³-hybridized carbons (Fsp3) is 0.238. The van der Waals surface area contributed by atoms with E-state index in [1.54, 1.807) is 6.92 Å². The quantitative estimate of drug-likeness (QED) is 0.453. The van der Waals surface area contributed by atoms with Gasteiger partial charge in [0.25, 0.3) is 0 Å². The number of carbonyl (C=O) groups is 1. The van der Waals surface area contributed by atoms with Gasteiger partial charge in [0.2, 0.25) is 5.52 Å². The van der Waals surface area contributed by atoms with Gasteiger partial charge in [-0.3, -0.25) is 4.79 Å². The van der Waals surface area contributed by atoms with Crippen LogP contribution in [-0.4, -0.2) is 25.0 Å². The fourth-order valence-electron chi connectivity index (χ4n) is 2.78. The second kappa shape index (κ2) is 8.77. The van der Waals surface area contributed by atoms with Crippen LogP contribution in [-0.2, 0) is 11.3 Å². The minimum Gasteiger partial charge on any atom is -0.378 e. The van der Waals surface area contributed by atoms with Crippen molar-refractivity contribution in [2.45, 2.75) is 13.5 Å². The van der Waals surface area contributed by atoms with E-state index < -0.39 is 0 Å². The van der Waals surface area contributed by atoms with Gasteiger partial charge in [-0.05, 0) is 36.4 Å². The Bertz CT molecular complexity index is 968. The Labute approximate surface area is 163 Å². The van der Waals surface area contributed by atoms with Gasteiger partial charge in [-0.15, -0.1) is 5.11 Å². The number of thioether (sulfide) groups is 1. The van der Waals surface area contributed by atoms with Gasteiger partial charge in [-0.2, -0.15) is 9.68 Å². The Hall–Kier alpha value is -2.73. The third kappa shape index (κ3) is 4.92. The number of carbonyl (C=O) groups excluding carboxylic acids is 1. The van der Waals surface area contributed by atoms with Crippen LogP contribution < -0.4 is 9.47 Å². The van der Waals surface area contributed by atoms with E-state index in [2.05, 4.69) is 25.8 Å².